The first-order valence-corrected chi connectivity index (χ1v) is 12.1. The molecule has 2 aromatic carbocycles. The first-order chi connectivity index (χ1) is 16.2. The number of unbranched alkanes of at least 4 members (excludes halogenated alkanes) is 1. The van der Waals surface area contributed by atoms with Gasteiger partial charge in [0, 0.05) is 17.9 Å². The number of hydrogen-bond donors (Lipinski definition) is 1. The maximum atomic E-state index is 12.3. The number of nitrogens with one attached hydrogen (secondary N) is 1. The van der Waals surface area contributed by atoms with Gasteiger partial charge in [-0.25, -0.2) is 9.78 Å². The molecule has 0 radical (unpaired) electrons. The molecule has 168 valence electrons. The second kappa shape index (κ2) is 9.58. The molecule has 0 atom stereocenters. The SMILES string of the molecule is CCCCC(=O)N=c1sc(C2CC2)nn1Cc1ccc(-c2ccccc2-c2nnn[nH]2)cc1. The summed E-state index contributed by atoms with van der Waals surface area (Å²) < 4.78 is 1.88. The van der Waals surface area contributed by atoms with Crippen molar-refractivity contribution in [3.8, 4) is 22.5 Å². The van der Waals surface area contributed by atoms with Crippen molar-refractivity contribution in [2.75, 3.05) is 0 Å². The first kappa shape index (κ1) is 21.4. The van der Waals surface area contributed by atoms with Crippen LogP contribution in [0.25, 0.3) is 22.5 Å². The van der Waals surface area contributed by atoms with Gasteiger partial charge >= 0.3 is 0 Å². The summed E-state index contributed by atoms with van der Waals surface area (Å²) in [6.07, 6.45) is 4.68. The lowest BCUT2D eigenvalue weighted by atomic mass is 9.98. The van der Waals surface area contributed by atoms with E-state index in [2.05, 4.69) is 62.9 Å². The van der Waals surface area contributed by atoms with Crippen LogP contribution in [0.1, 0.15) is 55.5 Å². The fourth-order valence-electron chi connectivity index (χ4n) is 3.67. The van der Waals surface area contributed by atoms with Crippen molar-refractivity contribution in [1.29, 1.82) is 0 Å². The second-order valence-corrected chi connectivity index (χ2v) is 9.24. The predicted octanol–water partition coefficient (Wildman–Crippen LogP) is 4.33. The number of aromatic nitrogens is 6. The molecule has 4 aromatic rings. The van der Waals surface area contributed by atoms with Crippen molar-refractivity contribution in [2.24, 2.45) is 4.99 Å². The van der Waals surface area contributed by atoms with Crippen molar-refractivity contribution in [1.82, 2.24) is 30.4 Å². The molecule has 0 spiro atoms. The Morgan fingerprint density at radius 3 is 2.64 bits per heavy atom. The Bertz CT molecular complexity index is 1300. The molecule has 1 aliphatic carbocycles. The van der Waals surface area contributed by atoms with Crippen LogP contribution in [-0.4, -0.2) is 36.3 Å². The van der Waals surface area contributed by atoms with Crippen LogP contribution in [0.15, 0.2) is 53.5 Å². The van der Waals surface area contributed by atoms with Gasteiger partial charge in [-0.15, -0.1) is 5.10 Å². The highest BCUT2D eigenvalue weighted by Crippen LogP contribution is 2.40. The van der Waals surface area contributed by atoms with Gasteiger partial charge in [0.25, 0.3) is 0 Å². The zero-order valence-corrected chi connectivity index (χ0v) is 19.3. The average molecular weight is 460 g/mol. The van der Waals surface area contributed by atoms with Gasteiger partial charge < -0.3 is 0 Å². The number of rotatable bonds is 8. The summed E-state index contributed by atoms with van der Waals surface area (Å²) in [5, 5.41) is 20.2. The van der Waals surface area contributed by atoms with Crippen LogP contribution in [0.5, 0.6) is 0 Å². The Labute approximate surface area is 195 Å². The van der Waals surface area contributed by atoms with Crippen LogP contribution < -0.4 is 4.80 Å². The molecule has 2 aromatic heterocycles. The molecule has 33 heavy (non-hydrogen) atoms. The minimum absolute atomic E-state index is 0.0644. The topological polar surface area (TPSA) is 102 Å². The molecule has 0 unspecified atom stereocenters. The standard InChI is InChI=1S/C24H25N7OS/c1-2-3-8-21(32)25-24-31(28-23(33-24)18-13-14-18)15-16-9-11-17(12-10-16)19-6-4-5-7-20(19)22-26-29-30-27-22/h4-7,9-12,18H,2-3,8,13-15H2,1H3,(H,26,27,29,30). The van der Waals surface area contributed by atoms with Crippen LogP contribution in [0, 0.1) is 0 Å². The lowest BCUT2D eigenvalue weighted by Crippen LogP contribution is -2.19. The smallest absolute Gasteiger partial charge is 0.248 e. The van der Waals surface area contributed by atoms with Crippen molar-refractivity contribution in [3.05, 3.63) is 63.9 Å². The molecule has 0 saturated heterocycles. The van der Waals surface area contributed by atoms with Gasteiger partial charge in [-0.1, -0.05) is 73.2 Å². The number of benzene rings is 2. The van der Waals surface area contributed by atoms with E-state index in [1.165, 1.54) is 12.8 Å². The monoisotopic (exact) mass is 459 g/mol. The third-order valence-electron chi connectivity index (χ3n) is 5.65. The zero-order valence-electron chi connectivity index (χ0n) is 18.4. The van der Waals surface area contributed by atoms with Gasteiger partial charge in [-0.2, -0.15) is 10.1 Å². The van der Waals surface area contributed by atoms with Gasteiger partial charge in [0.05, 0.1) is 6.54 Å². The number of H-pyrrole nitrogens is 1. The summed E-state index contributed by atoms with van der Waals surface area (Å²) in [6.45, 7) is 2.66. The number of aromatic amines is 1. The van der Waals surface area contributed by atoms with Crippen molar-refractivity contribution >= 4 is 17.2 Å². The van der Waals surface area contributed by atoms with Crippen molar-refractivity contribution in [3.63, 3.8) is 0 Å². The normalized spacial score (nSPS) is 14.0. The maximum absolute atomic E-state index is 12.3. The van der Waals surface area contributed by atoms with E-state index in [0.717, 1.165) is 40.1 Å². The minimum Gasteiger partial charge on any atom is -0.273 e. The summed E-state index contributed by atoms with van der Waals surface area (Å²) in [4.78, 5) is 17.4. The van der Waals surface area contributed by atoms with Crippen LogP contribution in [-0.2, 0) is 11.3 Å². The van der Waals surface area contributed by atoms with Crippen LogP contribution in [0.3, 0.4) is 0 Å². The van der Waals surface area contributed by atoms with Crippen LogP contribution in [0.4, 0.5) is 0 Å². The number of tetrazole rings is 1. The van der Waals surface area contributed by atoms with E-state index in [4.69, 9.17) is 5.10 Å². The molecule has 5 rings (SSSR count). The Kier molecular flexibility index (Phi) is 6.21. The summed E-state index contributed by atoms with van der Waals surface area (Å²) in [5.74, 6) is 1.10. The molecule has 1 saturated carbocycles. The zero-order chi connectivity index (χ0) is 22.6. The molecular formula is C24H25N7OS. The molecule has 9 heteroatoms. The molecule has 0 bridgehead atoms. The maximum Gasteiger partial charge on any atom is 0.248 e. The third-order valence-corrected chi connectivity index (χ3v) is 6.76. The number of hydrogen-bond acceptors (Lipinski definition) is 6. The molecule has 1 fully saturated rings. The van der Waals surface area contributed by atoms with Gasteiger partial charge in [-0.05, 0) is 46.4 Å². The summed E-state index contributed by atoms with van der Waals surface area (Å²) in [6, 6.07) is 16.4. The lowest BCUT2D eigenvalue weighted by molar-refractivity contribution is -0.118. The molecule has 1 N–H and O–H groups in total. The summed E-state index contributed by atoms with van der Waals surface area (Å²) >= 11 is 1.55. The Morgan fingerprint density at radius 1 is 1.15 bits per heavy atom. The fourth-order valence-corrected chi connectivity index (χ4v) is 4.76. The largest absolute Gasteiger partial charge is 0.273 e. The highest BCUT2D eigenvalue weighted by Gasteiger charge is 2.27. The van der Waals surface area contributed by atoms with E-state index in [1.54, 1.807) is 11.3 Å². The summed E-state index contributed by atoms with van der Waals surface area (Å²) in [7, 11) is 0. The molecule has 2 heterocycles. The van der Waals surface area contributed by atoms with Crippen LogP contribution >= 0.6 is 11.3 Å². The van der Waals surface area contributed by atoms with E-state index in [1.807, 2.05) is 22.9 Å². The Morgan fingerprint density at radius 2 is 1.94 bits per heavy atom. The van der Waals surface area contributed by atoms with E-state index >= 15 is 0 Å². The molecule has 1 aliphatic rings. The minimum atomic E-state index is -0.0644. The average Bonchev–Trinajstić information content (AvgIpc) is 3.40. The van der Waals surface area contributed by atoms with Gasteiger partial charge in [0.2, 0.25) is 10.7 Å². The third kappa shape index (κ3) is 4.98. The van der Waals surface area contributed by atoms with Gasteiger partial charge in [0.15, 0.2) is 5.82 Å². The molecular weight excluding hydrogens is 434 g/mol. The number of carbonyl (C=O) groups is 1. The fraction of sp³-hybridized carbons (Fsp3) is 0.333. The van der Waals surface area contributed by atoms with Gasteiger partial charge in [0.1, 0.15) is 5.01 Å². The van der Waals surface area contributed by atoms with E-state index in [9.17, 15) is 4.79 Å². The Balaban J connectivity index is 1.41. The quantitative estimate of drug-likeness (QED) is 0.422. The van der Waals surface area contributed by atoms with E-state index < -0.39 is 0 Å². The summed E-state index contributed by atoms with van der Waals surface area (Å²) in [5.41, 5.74) is 4.18. The molecule has 0 aliphatic heterocycles. The highest BCUT2D eigenvalue weighted by molar-refractivity contribution is 7.09. The lowest BCUT2D eigenvalue weighted by Gasteiger charge is -2.08. The number of carbonyl (C=O) groups excluding carboxylic acids is 1. The van der Waals surface area contributed by atoms with Crippen LogP contribution in [0.2, 0.25) is 0 Å². The second-order valence-electron chi connectivity index (χ2n) is 8.26. The van der Waals surface area contributed by atoms with Gasteiger partial charge in [-0.3, -0.25) is 4.79 Å². The Hall–Kier alpha value is -3.46. The van der Waals surface area contributed by atoms with E-state index in [-0.39, 0.29) is 5.91 Å². The molecule has 1 amide bonds. The number of amides is 1. The highest BCUT2D eigenvalue weighted by atomic mass is 32.1. The van der Waals surface area contributed by atoms with Crippen molar-refractivity contribution < 1.29 is 4.79 Å². The van der Waals surface area contributed by atoms with Crippen molar-refractivity contribution in [2.45, 2.75) is 51.5 Å². The predicted molar refractivity (Wildman–Crippen MR) is 126 cm³/mol. The molecule has 8 nitrogen and oxygen atoms in total. The first-order valence-electron chi connectivity index (χ1n) is 11.3. The number of nitrogens with zero attached hydrogens (tertiary/aromatic N) is 6. The van der Waals surface area contributed by atoms with E-state index in [0.29, 0.717) is 29.5 Å².